The van der Waals surface area contributed by atoms with Crippen LogP contribution in [0.15, 0.2) is 36.4 Å². The standard InChI is InChI=1S/C17H16ClF3N2O/c1-10-4-3-5-15(11(10)2)22-9-16(24)23-12-6-7-14(18)13(8-12)17(19,20)21/h3-8,22H,9H2,1-2H3,(H,23,24). The Labute approximate surface area is 142 Å². The van der Waals surface area contributed by atoms with Gasteiger partial charge in [-0.15, -0.1) is 0 Å². The number of anilines is 2. The minimum Gasteiger partial charge on any atom is -0.376 e. The van der Waals surface area contributed by atoms with Gasteiger partial charge in [-0.25, -0.2) is 0 Å². The molecule has 3 nitrogen and oxygen atoms in total. The van der Waals surface area contributed by atoms with Crippen molar-refractivity contribution in [2.24, 2.45) is 0 Å². The Bertz CT molecular complexity index is 760. The first-order valence-corrected chi connectivity index (χ1v) is 7.53. The third-order valence-electron chi connectivity index (χ3n) is 3.60. The fourth-order valence-electron chi connectivity index (χ4n) is 2.14. The van der Waals surface area contributed by atoms with Crippen LogP contribution in [0.1, 0.15) is 16.7 Å². The van der Waals surface area contributed by atoms with E-state index in [4.69, 9.17) is 11.6 Å². The molecule has 0 fully saturated rings. The lowest BCUT2D eigenvalue weighted by molar-refractivity contribution is -0.137. The molecular formula is C17H16ClF3N2O. The van der Waals surface area contributed by atoms with Crippen LogP contribution in [-0.4, -0.2) is 12.5 Å². The van der Waals surface area contributed by atoms with Crippen LogP contribution < -0.4 is 10.6 Å². The molecule has 2 rings (SSSR count). The Hall–Kier alpha value is -2.21. The maximum atomic E-state index is 12.8. The number of hydrogen-bond donors (Lipinski definition) is 2. The summed E-state index contributed by atoms with van der Waals surface area (Å²) in [6.45, 7) is 3.81. The highest BCUT2D eigenvalue weighted by Crippen LogP contribution is 2.36. The summed E-state index contributed by atoms with van der Waals surface area (Å²) in [5.74, 6) is -0.452. The average Bonchev–Trinajstić information content (AvgIpc) is 2.49. The number of nitrogens with one attached hydrogen (secondary N) is 2. The van der Waals surface area contributed by atoms with E-state index in [1.807, 2.05) is 32.0 Å². The summed E-state index contributed by atoms with van der Waals surface area (Å²) >= 11 is 5.55. The molecule has 0 atom stereocenters. The number of amides is 1. The number of rotatable bonds is 4. The molecule has 0 saturated heterocycles. The van der Waals surface area contributed by atoms with Crippen molar-refractivity contribution in [2.75, 3.05) is 17.2 Å². The molecule has 2 aromatic rings. The van der Waals surface area contributed by atoms with Crippen LogP contribution in [-0.2, 0) is 11.0 Å². The normalized spacial score (nSPS) is 11.2. The Morgan fingerprint density at radius 1 is 1.17 bits per heavy atom. The second kappa shape index (κ2) is 7.13. The zero-order chi connectivity index (χ0) is 17.9. The molecule has 0 bridgehead atoms. The molecule has 2 aromatic carbocycles. The number of carbonyl (C=O) groups excluding carboxylic acids is 1. The van der Waals surface area contributed by atoms with Crippen molar-refractivity contribution in [1.82, 2.24) is 0 Å². The Morgan fingerprint density at radius 2 is 1.88 bits per heavy atom. The molecule has 7 heteroatoms. The quantitative estimate of drug-likeness (QED) is 0.807. The fourth-order valence-corrected chi connectivity index (χ4v) is 2.37. The van der Waals surface area contributed by atoms with Crippen LogP contribution in [0.25, 0.3) is 0 Å². The van der Waals surface area contributed by atoms with Gasteiger partial charge in [-0.3, -0.25) is 4.79 Å². The van der Waals surface area contributed by atoms with E-state index < -0.39 is 22.7 Å². The summed E-state index contributed by atoms with van der Waals surface area (Å²) < 4.78 is 38.4. The number of halogens is 4. The van der Waals surface area contributed by atoms with Gasteiger partial charge in [0.1, 0.15) is 0 Å². The fraction of sp³-hybridized carbons (Fsp3) is 0.235. The van der Waals surface area contributed by atoms with Gasteiger partial charge in [-0.2, -0.15) is 13.2 Å². The van der Waals surface area contributed by atoms with Crippen molar-refractivity contribution in [1.29, 1.82) is 0 Å². The summed E-state index contributed by atoms with van der Waals surface area (Å²) in [7, 11) is 0. The van der Waals surface area contributed by atoms with E-state index in [9.17, 15) is 18.0 Å². The topological polar surface area (TPSA) is 41.1 Å². The highest BCUT2D eigenvalue weighted by Gasteiger charge is 2.33. The van der Waals surface area contributed by atoms with Crippen molar-refractivity contribution < 1.29 is 18.0 Å². The van der Waals surface area contributed by atoms with Crippen molar-refractivity contribution in [3.05, 3.63) is 58.1 Å². The lowest BCUT2D eigenvalue weighted by atomic mass is 10.1. The molecule has 0 saturated carbocycles. The summed E-state index contributed by atoms with van der Waals surface area (Å²) in [5, 5.41) is 4.99. The molecule has 24 heavy (non-hydrogen) atoms. The Kier molecular flexibility index (Phi) is 5.39. The van der Waals surface area contributed by atoms with Crippen LogP contribution in [0.2, 0.25) is 5.02 Å². The van der Waals surface area contributed by atoms with Gasteiger partial charge < -0.3 is 10.6 Å². The first-order valence-electron chi connectivity index (χ1n) is 7.15. The number of hydrogen-bond acceptors (Lipinski definition) is 2. The van der Waals surface area contributed by atoms with Gasteiger partial charge in [0, 0.05) is 11.4 Å². The molecule has 1 amide bonds. The molecular weight excluding hydrogens is 341 g/mol. The van der Waals surface area contributed by atoms with Gasteiger partial charge in [0.2, 0.25) is 5.91 Å². The van der Waals surface area contributed by atoms with Gasteiger partial charge in [-0.1, -0.05) is 23.7 Å². The highest BCUT2D eigenvalue weighted by molar-refractivity contribution is 6.31. The van der Waals surface area contributed by atoms with E-state index in [-0.39, 0.29) is 12.2 Å². The molecule has 0 unspecified atom stereocenters. The van der Waals surface area contributed by atoms with Crippen LogP contribution in [0.5, 0.6) is 0 Å². The number of alkyl halides is 3. The van der Waals surface area contributed by atoms with Gasteiger partial charge >= 0.3 is 6.18 Å². The Morgan fingerprint density at radius 3 is 2.54 bits per heavy atom. The summed E-state index contributed by atoms with van der Waals surface area (Å²) in [4.78, 5) is 11.9. The molecule has 2 N–H and O–H groups in total. The molecule has 0 aliphatic heterocycles. The smallest absolute Gasteiger partial charge is 0.376 e. The lowest BCUT2D eigenvalue weighted by Gasteiger charge is -2.13. The maximum absolute atomic E-state index is 12.8. The summed E-state index contributed by atoms with van der Waals surface area (Å²) in [5.41, 5.74) is 1.95. The van der Waals surface area contributed by atoms with Gasteiger partial charge in [-0.05, 0) is 49.2 Å². The minimum absolute atomic E-state index is 0.0412. The third kappa shape index (κ3) is 4.41. The predicted molar refractivity (Wildman–Crippen MR) is 89.5 cm³/mol. The SMILES string of the molecule is Cc1cccc(NCC(=O)Nc2ccc(Cl)c(C(F)(F)F)c2)c1C. The lowest BCUT2D eigenvalue weighted by Crippen LogP contribution is -2.22. The van der Waals surface area contributed by atoms with E-state index in [0.29, 0.717) is 0 Å². The van der Waals surface area contributed by atoms with Crippen molar-refractivity contribution in [2.45, 2.75) is 20.0 Å². The Balaban J connectivity index is 2.04. The van der Waals surface area contributed by atoms with Gasteiger partial charge in [0.15, 0.2) is 0 Å². The van der Waals surface area contributed by atoms with Gasteiger partial charge in [0.25, 0.3) is 0 Å². The molecule has 0 aliphatic carbocycles. The van der Waals surface area contributed by atoms with Crippen molar-refractivity contribution >= 4 is 28.9 Å². The van der Waals surface area contributed by atoms with E-state index in [1.54, 1.807) is 0 Å². The van der Waals surface area contributed by atoms with Crippen LogP contribution >= 0.6 is 11.6 Å². The number of carbonyl (C=O) groups is 1. The van der Waals surface area contributed by atoms with Gasteiger partial charge in [0.05, 0.1) is 17.1 Å². The second-order valence-electron chi connectivity index (χ2n) is 5.34. The molecule has 128 valence electrons. The van der Waals surface area contributed by atoms with Crippen molar-refractivity contribution in [3.63, 3.8) is 0 Å². The zero-order valence-electron chi connectivity index (χ0n) is 13.1. The second-order valence-corrected chi connectivity index (χ2v) is 5.75. The van der Waals surface area contributed by atoms with Crippen molar-refractivity contribution in [3.8, 4) is 0 Å². The predicted octanol–water partition coefficient (Wildman–Crippen LogP) is 5.03. The van der Waals surface area contributed by atoms with E-state index >= 15 is 0 Å². The molecule has 0 spiro atoms. The van der Waals surface area contributed by atoms with E-state index in [1.165, 1.54) is 6.07 Å². The zero-order valence-corrected chi connectivity index (χ0v) is 13.8. The first kappa shape index (κ1) is 18.1. The minimum atomic E-state index is -4.57. The highest BCUT2D eigenvalue weighted by atomic mass is 35.5. The first-order chi connectivity index (χ1) is 11.2. The summed E-state index contributed by atoms with van der Waals surface area (Å²) in [6.07, 6.45) is -4.57. The molecule has 0 aromatic heterocycles. The maximum Gasteiger partial charge on any atom is 0.417 e. The van der Waals surface area contributed by atoms with E-state index in [2.05, 4.69) is 10.6 Å². The van der Waals surface area contributed by atoms with Crippen LogP contribution in [0.4, 0.5) is 24.5 Å². The average molecular weight is 357 g/mol. The van der Waals surface area contributed by atoms with E-state index in [0.717, 1.165) is 28.9 Å². The number of benzene rings is 2. The van der Waals surface area contributed by atoms with Crippen LogP contribution in [0.3, 0.4) is 0 Å². The molecule has 0 heterocycles. The summed E-state index contributed by atoms with van der Waals surface area (Å²) in [6, 6.07) is 8.90. The van der Waals surface area contributed by atoms with Crippen LogP contribution in [0, 0.1) is 13.8 Å². The molecule has 0 radical (unpaired) electrons. The largest absolute Gasteiger partial charge is 0.417 e. The third-order valence-corrected chi connectivity index (χ3v) is 3.93. The number of aryl methyl sites for hydroxylation is 1. The molecule has 0 aliphatic rings. The monoisotopic (exact) mass is 356 g/mol.